The van der Waals surface area contributed by atoms with Crippen LogP contribution in [0, 0.1) is 5.82 Å². The Morgan fingerprint density at radius 2 is 2.20 bits per heavy atom. The number of amides is 1. The quantitative estimate of drug-likeness (QED) is 0.495. The van der Waals surface area contributed by atoms with Gasteiger partial charge in [0.05, 0.1) is 12.5 Å². The lowest BCUT2D eigenvalue weighted by Crippen LogP contribution is -2.30. The molecular weight excluding hydrogens is 261 g/mol. The SMILES string of the molecule is CN(Cc1ccoc1)Cc1cc(C(=O)NN)ccc1F. The van der Waals surface area contributed by atoms with Crippen LogP contribution in [0.3, 0.4) is 0 Å². The zero-order chi connectivity index (χ0) is 14.5. The summed E-state index contributed by atoms with van der Waals surface area (Å²) in [4.78, 5) is 13.4. The highest BCUT2D eigenvalue weighted by Crippen LogP contribution is 2.14. The summed E-state index contributed by atoms with van der Waals surface area (Å²) in [6.45, 7) is 1.01. The molecule has 3 N–H and O–H groups in total. The lowest BCUT2D eigenvalue weighted by Gasteiger charge is -2.16. The van der Waals surface area contributed by atoms with Crippen molar-refractivity contribution in [3.63, 3.8) is 0 Å². The Morgan fingerprint density at radius 1 is 1.40 bits per heavy atom. The first-order valence-electron chi connectivity index (χ1n) is 6.09. The molecule has 0 saturated heterocycles. The van der Waals surface area contributed by atoms with Crippen LogP contribution in [-0.4, -0.2) is 17.9 Å². The highest BCUT2D eigenvalue weighted by molar-refractivity contribution is 5.93. The van der Waals surface area contributed by atoms with E-state index in [1.165, 1.54) is 18.2 Å². The third kappa shape index (κ3) is 3.43. The molecule has 0 saturated carbocycles. The number of furan rings is 1. The van der Waals surface area contributed by atoms with E-state index in [1.54, 1.807) is 12.5 Å². The van der Waals surface area contributed by atoms with E-state index in [9.17, 15) is 9.18 Å². The standard InChI is InChI=1S/C14H16FN3O2/c1-18(7-10-4-5-20-9-10)8-12-6-11(14(19)17-16)2-3-13(12)15/h2-6,9H,7-8,16H2,1H3,(H,17,19). The molecule has 1 aromatic carbocycles. The third-order valence-corrected chi connectivity index (χ3v) is 2.91. The molecule has 0 spiro atoms. The number of carbonyl (C=O) groups excluding carboxylic acids is 1. The van der Waals surface area contributed by atoms with Gasteiger partial charge in [0.1, 0.15) is 5.82 Å². The van der Waals surface area contributed by atoms with Gasteiger partial charge in [0.25, 0.3) is 5.91 Å². The molecular formula is C14H16FN3O2. The monoisotopic (exact) mass is 277 g/mol. The number of nitrogen functional groups attached to an aromatic ring is 1. The molecule has 0 bridgehead atoms. The molecule has 20 heavy (non-hydrogen) atoms. The second-order valence-electron chi connectivity index (χ2n) is 4.58. The van der Waals surface area contributed by atoms with Gasteiger partial charge >= 0.3 is 0 Å². The Bertz CT molecular complexity index is 584. The molecule has 6 heteroatoms. The summed E-state index contributed by atoms with van der Waals surface area (Å²) in [5.41, 5.74) is 3.81. The van der Waals surface area contributed by atoms with Crippen molar-refractivity contribution in [1.82, 2.24) is 10.3 Å². The van der Waals surface area contributed by atoms with Crippen LogP contribution in [0.5, 0.6) is 0 Å². The zero-order valence-corrected chi connectivity index (χ0v) is 11.1. The van der Waals surface area contributed by atoms with E-state index in [4.69, 9.17) is 10.3 Å². The first kappa shape index (κ1) is 14.2. The van der Waals surface area contributed by atoms with Gasteiger partial charge in [0.2, 0.25) is 0 Å². The van der Waals surface area contributed by atoms with E-state index in [0.717, 1.165) is 5.56 Å². The number of nitrogens with zero attached hydrogens (tertiary/aromatic N) is 1. The van der Waals surface area contributed by atoms with Crippen molar-refractivity contribution in [3.8, 4) is 0 Å². The molecule has 0 atom stereocenters. The number of rotatable bonds is 5. The van der Waals surface area contributed by atoms with Crippen molar-refractivity contribution in [2.24, 2.45) is 5.84 Å². The lowest BCUT2D eigenvalue weighted by molar-refractivity contribution is 0.0953. The first-order valence-corrected chi connectivity index (χ1v) is 6.09. The number of hydrogen-bond donors (Lipinski definition) is 2. The normalized spacial score (nSPS) is 10.8. The topological polar surface area (TPSA) is 71.5 Å². The van der Waals surface area contributed by atoms with Crippen molar-refractivity contribution in [2.45, 2.75) is 13.1 Å². The lowest BCUT2D eigenvalue weighted by atomic mass is 10.1. The van der Waals surface area contributed by atoms with Gasteiger partial charge in [-0.05, 0) is 31.3 Å². The summed E-state index contributed by atoms with van der Waals surface area (Å²) in [6.07, 6.45) is 3.24. The Kier molecular flexibility index (Phi) is 4.49. The molecule has 0 unspecified atom stereocenters. The highest BCUT2D eigenvalue weighted by Gasteiger charge is 2.11. The van der Waals surface area contributed by atoms with Gasteiger partial charge in [-0.1, -0.05) is 0 Å². The Hall–Kier alpha value is -2.18. The fourth-order valence-electron chi connectivity index (χ4n) is 1.96. The molecule has 2 rings (SSSR count). The van der Waals surface area contributed by atoms with Crippen molar-refractivity contribution in [1.29, 1.82) is 0 Å². The van der Waals surface area contributed by atoms with Gasteiger partial charge < -0.3 is 4.42 Å². The average Bonchev–Trinajstić information content (AvgIpc) is 2.93. The summed E-state index contributed by atoms with van der Waals surface area (Å²) in [5.74, 6) is 4.28. The molecule has 0 aliphatic rings. The van der Waals surface area contributed by atoms with Gasteiger partial charge in [-0.25, -0.2) is 10.2 Å². The Balaban J connectivity index is 2.09. The molecule has 1 heterocycles. The number of benzene rings is 1. The minimum absolute atomic E-state index is 0.334. The van der Waals surface area contributed by atoms with E-state index in [1.807, 2.05) is 23.4 Å². The summed E-state index contributed by atoms with van der Waals surface area (Å²) in [7, 11) is 1.86. The fourth-order valence-corrected chi connectivity index (χ4v) is 1.96. The number of halogens is 1. The minimum Gasteiger partial charge on any atom is -0.472 e. The molecule has 2 aromatic rings. The van der Waals surface area contributed by atoms with Crippen molar-refractivity contribution >= 4 is 5.91 Å². The molecule has 0 fully saturated rings. The van der Waals surface area contributed by atoms with E-state index >= 15 is 0 Å². The van der Waals surface area contributed by atoms with Gasteiger partial charge in [-0.3, -0.25) is 15.1 Å². The Morgan fingerprint density at radius 3 is 2.85 bits per heavy atom. The van der Waals surface area contributed by atoms with Crippen LogP contribution < -0.4 is 11.3 Å². The molecule has 1 aromatic heterocycles. The van der Waals surface area contributed by atoms with Crippen LogP contribution in [0.15, 0.2) is 41.2 Å². The van der Waals surface area contributed by atoms with Crippen LogP contribution in [0.2, 0.25) is 0 Å². The van der Waals surface area contributed by atoms with Crippen molar-refractivity contribution in [2.75, 3.05) is 7.05 Å². The molecule has 0 aliphatic heterocycles. The summed E-state index contributed by atoms with van der Waals surface area (Å²) < 4.78 is 18.8. The summed E-state index contributed by atoms with van der Waals surface area (Å²) >= 11 is 0. The van der Waals surface area contributed by atoms with E-state index in [-0.39, 0.29) is 5.82 Å². The smallest absolute Gasteiger partial charge is 0.265 e. The fraction of sp³-hybridized carbons (Fsp3) is 0.214. The maximum atomic E-state index is 13.8. The van der Waals surface area contributed by atoms with Gasteiger partial charge in [-0.15, -0.1) is 0 Å². The summed E-state index contributed by atoms with van der Waals surface area (Å²) in [5, 5.41) is 0. The largest absolute Gasteiger partial charge is 0.472 e. The van der Waals surface area contributed by atoms with E-state index < -0.39 is 5.91 Å². The predicted octanol–water partition coefficient (Wildman–Crippen LogP) is 1.65. The third-order valence-electron chi connectivity index (χ3n) is 2.91. The van der Waals surface area contributed by atoms with Gasteiger partial charge in [0, 0.05) is 29.8 Å². The number of carbonyl (C=O) groups is 1. The van der Waals surface area contributed by atoms with E-state index in [0.29, 0.717) is 24.2 Å². The first-order chi connectivity index (χ1) is 9.60. The second kappa shape index (κ2) is 6.31. The van der Waals surface area contributed by atoms with Crippen LogP contribution in [0.1, 0.15) is 21.5 Å². The molecule has 106 valence electrons. The van der Waals surface area contributed by atoms with Crippen LogP contribution >= 0.6 is 0 Å². The number of hydrogen-bond acceptors (Lipinski definition) is 4. The molecule has 5 nitrogen and oxygen atoms in total. The average molecular weight is 277 g/mol. The summed E-state index contributed by atoms with van der Waals surface area (Å²) in [6, 6.07) is 6.03. The number of nitrogens with two attached hydrogens (primary N) is 1. The number of nitrogens with one attached hydrogen (secondary N) is 1. The zero-order valence-electron chi connectivity index (χ0n) is 11.1. The minimum atomic E-state index is -0.441. The maximum absolute atomic E-state index is 13.8. The molecule has 0 aliphatic carbocycles. The van der Waals surface area contributed by atoms with Gasteiger partial charge in [0.15, 0.2) is 0 Å². The second-order valence-corrected chi connectivity index (χ2v) is 4.58. The Labute approximate surface area is 116 Å². The molecule has 0 radical (unpaired) electrons. The van der Waals surface area contributed by atoms with Crippen LogP contribution in [0.25, 0.3) is 0 Å². The molecule has 1 amide bonds. The van der Waals surface area contributed by atoms with Crippen molar-refractivity contribution in [3.05, 3.63) is 59.3 Å². The highest BCUT2D eigenvalue weighted by atomic mass is 19.1. The van der Waals surface area contributed by atoms with Crippen LogP contribution in [0.4, 0.5) is 4.39 Å². The predicted molar refractivity (Wildman–Crippen MR) is 71.9 cm³/mol. The van der Waals surface area contributed by atoms with Crippen molar-refractivity contribution < 1.29 is 13.6 Å². The van der Waals surface area contributed by atoms with E-state index in [2.05, 4.69) is 0 Å². The number of hydrazine groups is 1. The van der Waals surface area contributed by atoms with Gasteiger partial charge in [-0.2, -0.15) is 0 Å². The maximum Gasteiger partial charge on any atom is 0.265 e. The van der Waals surface area contributed by atoms with Crippen LogP contribution in [-0.2, 0) is 13.1 Å².